The van der Waals surface area contributed by atoms with Gasteiger partial charge in [-0.25, -0.2) is 14.4 Å². The molecule has 0 amide bonds. The average molecular weight is 1130 g/mol. The van der Waals surface area contributed by atoms with Gasteiger partial charge in [0.2, 0.25) is 0 Å². The Morgan fingerprint density at radius 2 is 0.812 bits per heavy atom. The second kappa shape index (κ2) is 18.2. The summed E-state index contributed by atoms with van der Waals surface area (Å²) in [5, 5.41) is 0. The van der Waals surface area contributed by atoms with Gasteiger partial charge in [0.1, 0.15) is 34.5 Å². The van der Waals surface area contributed by atoms with Crippen LogP contribution < -0.4 is 9.47 Å². The van der Waals surface area contributed by atoms with Crippen LogP contribution in [-0.2, 0) is 60.7 Å². The largest absolute Gasteiger partial charge is 0.477 e. The van der Waals surface area contributed by atoms with Crippen LogP contribution in [0.15, 0.2) is 119 Å². The highest BCUT2D eigenvalue weighted by molar-refractivity contribution is 14.1. The molecular weight excluding hydrogens is 1090 g/mol. The molecular formula is C48H49F10IO8S2. The van der Waals surface area contributed by atoms with Crippen LogP contribution in [0, 0.1) is 3.57 Å². The molecule has 0 fully saturated rings. The van der Waals surface area contributed by atoms with Gasteiger partial charge in [0.15, 0.2) is 12.2 Å². The molecule has 0 saturated carbocycles. The Morgan fingerprint density at radius 3 is 1.09 bits per heavy atom. The summed E-state index contributed by atoms with van der Waals surface area (Å²) in [6.45, 7) is 10.6. The minimum Gasteiger partial charge on any atom is -0.477 e. The Bertz CT molecular complexity index is 2510. The van der Waals surface area contributed by atoms with E-state index in [-0.39, 0.29) is 79.7 Å². The van der Waals surface area contributed by atoms with Crippen LogP contribution in [0.4, 0.5) is 38.9 Å². The van der Waals surface area contributed by atoms with Crippen molar-refractivity contribution in [1.82, 2.24) is 0 Å². The Labute approximate surface area is 406 Å². The van der Waals surface area contributed by atoms with Crippen molar-refractivity contribution in [2.24, 2.45) is 0 Å². The van der Waals surface area contributed by atoms with E-state index in [1.165, 1.54) is 12.1 Å². The quantitative estimate of drug-likeness (QED) is 0.0393. The van der Waals surface area contributed by atoms with Crippen molar-refractivity contribution in [3.63, 3.8) is 0 Å². The van der Waals surface area contributed by atoms with Crippen LogP contribution in [0.2, 0.25) is 0 Å². The second-order valence-corrected chi connectivity index (χ2v) is 24.1. The zero-order chi connectivity index (χ0) is 51.7. The van der Waals surface area contributed by atoms with E-state index in [1.54, 1.807) is 46.9 Å². The fourth-order valence-corrected chi connectivity index (χ4v) is 8.39. The Morgan fingerprint density at radius 1 is 0.507 bits per heavy atom. The standard InChI is InChI=1S/C48H49F10IO8S2/c1-47(2,3)35-16-8-30(9-17-35)24-41(45(61)64-28-32-12-20-37(21-13-32)68(49,50,51,52)53)66-39-26-34(44(60)63-7)27-40(43(39)59)67-42(25-31-10-18-36(19-11-31)48(4,5)6)46(62)65-29-33-14-22-38(23-15-33)69(54,55,56,57)58/h8-23,26-27,41-42H,24-25,28-29H2,1-7H3/t41-,42-/m0/s1. The Hall–Kier alpha value is -5.16. The fourth-order valence-electron chi connectivity index (χ4n) is 6.52. The van der Waals surface area contributed by atoms with Crippen LogP contribution in [0.25, 0.3) is 0 Å². The van der Waals surface area contributed by atoms with Crippen molar-refractivity contribution < 1.29 is 76.9 Å². The smallest absolute Gasteiger partial charge is 0.348 e. The van der Waals surface area contributed by atoms with Crippen LogP contribution in [-0.4, -0.2) is 37.2 Å². The van der Waals surface area contributed by atoms with E-state index in [2.05, 4.69) is 0 Å². The summed E-state index contributed by atoms with van der Waals surface area (Å²) in [5.41, 5.74) is 2.21. The van der Waals surface area contributed by atoms with Crippen LogP contribution in [0.3, 0.4) is 0 Å². The van der Waals surface area contributed by atoms with E-state index >= 15 is 0 Å². The van der Waals surface area contributed by atoms with Crippen molar-refractivity contribution in [3.05, 3.63) is 152 Å². The summed E-state index contributed by atoms with van der Waals surface area (Å²) in [5.74, 6) is -3.37. The van der Waals surface area contributed by atoms with Gasteiger partial charge in [0.25, 0.3) is 0 Å². The van der Waals surface area contributed by atoms with Gasteiger partial charge in [0, 0.05) is 12.8 Å². The van der Waals surface area contributed by atoms with Crippen LogP contribution in [0.1, 0.15) is 85.3 Å². The molecule has 5 aromatic rings. The zero-order valence-electron chi connectivity index (χ0n) is 38.1. The molecule has 0 unspecified atom stereocenters. The van der Waals surface area contributed by atoms with Crippen molar-refractivity contribution in [1.29, 1.82) is 0 Å². The van der Waals surface area contributed by atoms with Gasteiger partial charge in [-0.2, -0.15) is 0 Å². The Balaban J connectivity index is 1.50. The lowest BCUT2D eigenvalue weighted by molar-refractivity contribution is -0.153. The number of carbonyl (C=O) groups excluding carboxylic acids is 3. The van der Waals surface area contributed by atoms with Gasteiger partial charge in [-0.05, 0) is 103 Å². The Kier molecular flexibility index (Phi) is 14.5. The van der Waals surface area contributed by atoms with Crippen molar-refractivity contribution >= 4 is 60.9 Å². The number of methoxy groups -OCH3 is 1. The van der Waals surface area contributed by atoms with Gasteiger partial charge in [-0.3, -0.25) is 0 Å². The number of hydrogen-bond donors (Lipinski definition) is 0. The van der Waals surface area contributed by atoms with Crippen LogP contribution in [0.5, 0.6) is 11.5 Å². The molecule has 0 bridgehead atoms. The first-order chi connectivity index (χ1) is 31.3. The van der Waals surface area contributed by atoms with Crippen molar-refractivity contribution in [2.75, 3.05) is 7.11 Å². The van der Waals surface area contributed by atoms with E-state index in [1.807, 2.05) is 65.8 Å². The van der Waals surface area contributed by atoms with Gasteiger partial charge in [-0.1, -0.05) is 153 Å². The summed E-state index contributed by atoms with van der Waals surface area (Å²) >= 11 is 1.77. The highest BCUT2D eigenvalue weighted by atomic mass is 127. The molecule has 378 valence electrons. The molecule has 0 aliphatic carbocycles. The number of esters is 3. The predicted molar refractivity (Wildman–Crippen MR) is 252 cm³/mol. The van der Waals surface area contributed by atoms with E-state index in [0.29, 0.717) is 11.1 Å². The maximum atomic E-state index is 13.9. The average Bonchev–Trinajstić information content (AvgIpc) is 3.23. The number of rotatable bonds is 17. The van der Waals surface area contributed by atoms with E-state index in [4.69, 9.17) is 23.7 Å². The second-order valence-electron chi connectivity index (χ2n) is 18.2. The number of ether oxygens (including phenoxy) is 5. The molecule has 0 aliphatic heterocycles. The van der Waals surface area contributed by atoms with Crippen molar-refractivity contribution in [3.8, 4) is 11.5 Å². The van der Waals surface area contributed by atoms with Crippen LogP contribution >= 0.6 is 43.0 Å². The summed E-state index contributed by atoms with van der Waals surface area (Å²) in [6.07, 6.45) is -3.44. The third-order valence-electron chi connectivity index (χ3n) is 10.5. The lowest BCUT2D eigenvalue weighted by Gasteiger charge is -2.40. The molecule has 5 aromatic carbocycles. The number of hydrogen-bond acceptors (Lipinski definition) is 8. The maximum Gasteiger partial charge on any atom is 0.348 e. The number of halogens is 11. The summed E-state index contributed by atoms with van der Waals surface area (Å²) in [7, 11) is -18.9. The monoisotopic (exact) mass is 1130 g/mol. The zero-order valence-corrected chi connectivity index (χ0v) is 41.9. The molecule has 69 heavy (non-hydrogen) atoms. The highest BCUT2D eigenvalue weighted by Crippen LogP contribution is 3.02. The predicted octanol–water partition coefficient (Wildman–Crippen LogP) is 15.5. The summed E-state index contributed by atoms with van der Waals surface area (Å²) in [4.78, 5) is 36.6. The molecule has 0 aromatic heterocycles. The molecule has 21 heteroatoms. The number of benzene rings is 5. The molecule has 5 rings (SSSR count). The third-order valence-corrected chi connectivity index (χ3v) is 13.9. The minimum atomic E-state index is -9.99. The summed E-state index contributed by atoms with van der Waals surface area (Å²) < 4.78 is 162. The molecule has 0 radical (unpaired) electrons. The topological polar surface area (TPSA) is 97.4 Å². The van der Waals surface area contributed by atoms with Gasteiger partial charge in [0.05, 0.1) is 16.2 Å². The summed E-state index contributed by atoms with van der Waals surface area (Å²) in [6, 6.07) is 20.4. The highest BCUT2D eigenvalue weighted by Gasteiger charge is 2.66. The molecule has 8 nitrogen and oxygen atoms in total. The van der Waals surface area contributed by atoms with E-state index < -0.39 is 73.6 Å². The molecule has 0 heterocycles. The van der Waals surface area contributed by atoms with E-state index in [9.17, 15) is 53.2 Å². The third kappa shape index (κ3) is 15.4. The fraction of sp³-hybridized carbons (Fsp3) is 0.312. The first-order valence-electron chi connectivity index (χ1n) is 20.7. The van der Waals surface area contributed by atoms with Gasteiger partial charge in [-0.15, -0.1) is 0 Å². The van der Waals surface area contributed by atoms with Gasteiger partial charge < -0.3 is 23.7 Å². The van der Waals surface area contributed by atoms with E-state index in [0.717, 1.165) is 42.5 Å². The lowest BCUT2D eigenvalue weighted by Crippen LogP contribution is -2.33. The first-order valence-corrected chi connectivity index (χ1v) is 25.7. The van der Waals surface area contributed by atoms with Gasteiger partial charge >= 0.3 is 38.4 Å². The molecule has 2 atom stereocenters. The van der Waals surface area contributed by atoms with Crippen molar-refractivity contribution in [2.45, 2.75) is 100 Å². The number of carbonyl (C=O) groups is 3. The first kappa shape index (κ1) is 54.8. The molecule has 0 saturated heterocycles. The normalized spacial score (nSPS) is 15.3. The maximum absolute atomic E-state index is 13.9. The molecule has 0 spiro atoms. The molecule has 0 N–H and O–H groups in total. The minimum absolute atomic E-state index is 0.0628. The SMILES string of the molecule is COC(=O)c1cc(O[C@@H](Cc2ccc(C(C)(C)C)cc2)C(=O)OCc2ccc(S(F)(F)(F)(F)F)cc2)c(I)c(O[C@@H](Cc2ccc(C(C)(C)C)cc2)C(=O)OCc2ccc(S(F)(F)(F)(F)F)cc2)c1. The molecule has 0 aliphatic rings. The lowest BCUT2D eigenvalue weighted by atomic mass is 9.86.